The highest BCUT2D eigenvalue weighted by molar-refractivity contribution is 5.73. The van der Waals surface area contributed by atoms with Gasteiger partial charge in [-0.25, -0.2) is 4.98 Å². The van der Waals surface area contributed by atoms with Gasteiger partial charge in [0.1, 0.15) is 11.9 Å². The number of benzene rings is 1. The second-order valence-corrected chi connectivity index (χ2v) is 5.50. The van der Waals surface area contributed by atoms with E-state index in [2.05, 4.69) is 17.2 Å². The van der Waals surface area contributed by atoms with Crippen LogP contribution >= 0.6 is 0 Å². The minimum absolute atomic E-state index is 0.459. The third-order valence-electron chi connectivity index (χ3n) is 3.81. The number of anilines is 1. The Morgan fingerprint density at radius 2 is 1.96 bits per heavy atom. The quantitative estimate of drug-likeness (QED) is 0.783. The number of nitrogens with one attached hydrogen (secondary N) is 1. The number of hydrogen-bond donors (Lipinski definition) is 2. The predicted octanol–water partition coefficient (Wildman–Crippen LogP) is 2.32. The molecule has 0 aliphatic heterocycles. The van der Waals surface area contributed by atoms with Crippen LogP contribution in [-0.4, -0.2) is 35.7 Å². The highest BCUT2D eigenvalue weighted by Gasteiger charge is 2.17. The summed E-state index contributed by atoms with van der Waals surface area (Å²) in [5, 5.41) is 12.5. The topological polar surface area (TPSA) is 65.5 Å². The number of pyridine rings is 1. The molecule has 0 bridgehead atoms. The molecule has 2 N–H and O–H groups in total. The monoisotopic (exact) mass is 313 g/mol. The highest BCUT2D eigenvalue weighted by atomic mass is 16.4. The van der Waals surface area contributed by atoms with Gasteiger partial charge in [-0.05, 0) is 30.5 Å². The van der Waals surface area contributed by atoms with E-state index >= 15 is 0 Å². The molecule has 0 radical (unpaired) electrons. The molecule has 0 saturated heterocycles. The van der Waals surface area contributed by atoms with Gasteiger partial charge in [0.15, 0.2) is 0 Å². The minimum Gasteiger partial charge on any atom is -0.480 e. The normalized spacial score (nSPS) is 11.9. The van der Waals surface area contributed by atoms with Gasteiger partial charge in [-0.1, -0.05) is 36.4 Å². The average Bonchev–Trinajstić information content (AvgIpc) is 2.59. The van der Waals surface area contributed by atoms with Crippen molar-refractivity contribution in [1.29, 1.82) is 0 Å². The molecular formula is C18H23N3O2. The van der Waals surface area contributed by atoms with Gasteiger partial charge in [-0.3, -0.25) is 10.1 Å². The van der Waals surface area contributed by atoms with Crippen LogP contribution < -0.4 is 10.2 Å². The fourth-order valence-corrected chi connectivity index (χ4v) is 2.25. The molecule has 0 unspecified atom stereocenters. The maximum Gasteiger partial charge on any atom is 0.321 e. The molecule has 1 atom stereocenters. The number of rotatable bonds is 8. The van der Waals surface area contributed by atoms with E-state index in [4.69, 9.17) is 0 Å². The molecule has 0 spiro atoms. The second-order valence-electron chi connectivity index (χ2n) is 5.50. The molecule has 5 heteroatoms. The predicted molar refractivity (Wildman–Crippen MR) is 91.6 cm³/mol. The first kappa shape index (κ1) is 17.0. The summed E-state index contributed by atoms with van der Waals surface area (Å²) >= 11 is 0. The standard InChI is InChI=1S/C18H23N3O2/c1-3-21(2)17-10-9-15(13-20-17)12-19-16(18(22)23)11-14-7-5-4-6-8-14/h4-10,13,16,19H,3,11-12H2,1-2H3,(H,22,23)/t16-/m0/s1. The van der Waals surface area contributed by atoms with Crippen molar-refractivity contribution in [2.75, 3.05) is 18.5 Å². The van der Waals surface area contributed by atoms with E-state index in [0.29, 0.717) is 13.0 Å². The molecule has 1 aromatic heterocycles. The van der Waals surface area contributed by atoms with Gasteiger partial charge in [0.25, 0.3) is 0 Å². The van der Waals surface area contributed by atoms with Crippen molar-refractivity contribution in [3.8, 4) is 0 Å². The minimum atomic E-state index is -0.843. The fourth-order valence-electron chi connectivity index (χ4n) is 2.25. The van der Waals surface area contributed by atoms with Crippen LogP contribution in [0.15, 0.2) is 48.7 Å². The molecule has 0 amide bonds. The van der Waals surface area contributed by atoms with Gasteiger partial charge in [-0.2, -0.15) is 0 Å². The Balaban J connectivity index is 1.95. The maximum atomic E-state index is 11.4. The van der Waals surface area contributed by atoms with Crippen LogP contribution in [0, 0.1) is 0 Å². The molecule has 1 heterocycles. The second kappa shape index (κ2) is 8.29. The van der Waals surface area contributed by atoms with Gasteiger partial charge in [0, 0.05) is 26.3 Å². The third-order valence-corrected chi connectivity index (χ3v) is 3.81. The molecule has 0 aliphatic rings. The lowest BCUT2D eigenvalue weighted by atomic mass is 10.1. The van der Waals surface area contributed by atoms with Crippen molar-refractivity contribution in [1.82, 2.24) is 10.3 Å². The average molecular weight is 313 g/mol. The summed E-state index contributed by atoms with van der Waals surface area (Å²) in [6, 6.07) is 12.9. The van der Waals surface area contributed by atoms with E-state index < -0.39 is 12.0 Å². The number of nitrogens with zero attached hydrogens (tertiary/aromatic N) is 2. The smallest absolute Gasteiger partial charge is 0.321 e. The first-order chi connectivity index (χ1) is 11.1. The Morgan fingerprint density at radius 1 is 1.22 bits per heavy atom. The van der Waals surface area contributed by atoms with Crippen LogP contribution in [0.4, 0.5) is 5.82 Å². The number of aromatic nitrogens is 1. The van der Waals surface area contributed by atoms with Crippen molar-refractivity contribution in [3.05, 3.63) is 59.8 Å². The van der Waals surface area contributed by atoms with E-state index in [1.54, 1.807) is 6.20 Å². The number of hydrogen-bond acceptors (Lipinski definition) is 4. The number of carboxylic acid groups (broad SMARTS) is 1. The van der Waals surface area contributed by atoms with Crippen molar-refractivity contribution >= 4 is 11.8 Å². The van der Waals surface area contributed by atoms with Crippen LogP contribution in [0.5, 0.6) is 0 Å². The summed E-state index contributed by atoms with van der Waals surface area (Å²) in [7, 11) is 1.99. The molecule has 122 valence electrons. The first-order valence-corrected chi connectivity index (χ1v) is 7.76. The molecule has 2 rings (SSSR count). The largest absolute Gasteiger partial charge is 0.480 e. The summed E-state index contributed by atoms with van der Waals surface area (Å²) in [4.78, 5) is 17.9. The molecular weight excluding hydrogens is 290 g/mol. The van der Waals surface area contributed by atoms with Gasteiger partial charge >= 0.3 is 5.97 Å². The zero-order chi connectivity index (χ0) is 16.7. The van der Waals surface area contributed by atoms with Crippen LogP contribution in [0.1, 0.15) is 18.1 Å². The third kappa shape index (κ3) is 5.07. The molecule has 0 fully saturated rings. The summed E-state index contributed by atoms with van der Waals surface area (Å²) < 4.78 is 0. The van der Waals surface area contributed by atoms with E-state index in [-0.39, 0.29) is 0 Å². The van der Waals surface area contributed by atoms with E-state index in [1.807, 2.05) is 54.4 Å². The summed E-state index contributed by atoms with van der Waals surface area (Å²) in [5.41, 5.74) is 1.98. The highest BCUT2D eigenvalue weighted by Crippen LogP contribution is 2.10. The van der Waals surface area contributed by atoms with E-state index in [9.17, 15) is 9.90 Å². The van der Waals surface area contributed by atoms with Gasteiger partial charge in [0.2, 0.25) is 0 Å². The lowest BCUT2D eigenvalue weighted by Crippen LogP contribution is -2.38. The summed E-state index contributed by atoms with van der Waals surface area (Å²) in [6.45, 7) is 3.44. The maximum absolute atomic E-state index is 11.4. The van der Waals surface area contributed by atoms with Crippen molar-refractivity contribution in [3.63, 3.8) is 0 Å². The zero-order valence-electron chi connectivity index (χ0n) is 13.6. The first-order valence-electron chi connectivity index (χ1n) is 7.76. The Hall–Kier alpha value is -2.40. The number of carbonyl (C=O) groups is 1. The van der Waals surface area contributed by atoms with Crippen LogP contribution in [0.2, 0.25) is 0 Å². The van der Waals surface area contributed by atoms with Crippen LogP contribution in [0.3, 0.4) is 0 Å². The Labute approximate surface area is 137 Å². The Bertz CT molecular complexity index is 614. The SMILES string of the molecule is CCN(C)c1ccc(CN[C@@H](Cc2ccccc2)C(=O)O)cn1. The summed E-state index contributed by atoms with van der Waals surface area (Å²) in [5.74, 6) is 0.0690. The number of carboxylic acids is 1. The zero-order valence-corrected chi connectivity index (χ0v) is 13.6. The molecule has 5 nitrogen and oxygen atoms in total. The van der Waals surface area contributed by atoms with E-state index in [1.165, 1.54) is 0 Å². The van der Waals surface area contributed by atoms with Gasteiger partial charge in [0.05, 0.1) is 0 Å². The Morgan fingerprint density at radius 3 is 2.52 bits per heavy atom. The fraction of sp³-hybridized carbons (Fsp3) is 0.333. The van der Waals surface area contributed by atoms with Crippen LogP contribution in [-0.2, 0) is 17.8 Å². The number of aliphatic carboxylic acids is 1. The van der Waals surface area contributed by atoms with Crippen molar-refractivity contribution in [2.45, 2.75) is 25.9 Å². The Kier molecular flexibility index (Phi) is 6.11. The van der Waals surface area contributed by atoms with Gasteiger partial charge < -0.3 is 10.0 Å². The molecule has 2 aromatic rings. The molecule has 23 heavy (non-hydrogen) atoms. The van der Waals surface area contributed by atoms with E-state index in [0.717, 1.165) is 23.5 Å². The van der Waals surface area contributed by atoms with Crippen molar-refractivity contribution in [2.24, 2.45) is 0 Å². The summed E-state index contributed by atoms with van der Waals surface area (Å²) in [6.07, 6.45) is 2.25. The van der Waals surface area contributed by atoms with Crippen LogP contribution in [0.25, 0.3) is 0 Å². The lowest BCUT2D eigenvalue weighted by molar-refractivity contribution is -0.139. The van der Waals surface area contributed by atoms with Gasteiger partial charge in [-0.15, -0.1) is 0 Å². The molecule has 1 aromatic carbocycles. The molecule has 0 saturated carbocycles. The molecule has 0 aliphatic carbocycles. The lowest BCUT2D eigenvalue weighted by Gasteiger charge is -2.17. The van der Waals surface area contributed by atoms with Crippen molar-refractivity contribution < 1.29 is 9.90 Å².